The summed E-state index contributed by atoms with van der Waals surface area (Å²) in [6, 6.07) is 14.7. The van der Waals surface area contributed by atoms with E-state index in [1.165, 1.54) is 6.20 Å². The second-order valence-electron chi connectivity index (χ2n) is 4.00. The van der Waals surface area contributed by atoms with Crippen LogP contribution < -0.4 is 5.73 Å². The van der Waals surface area contributed by atoms with Crippen LogP contribution in [0.25, 0.3) is 11.3 Å². The van der Waals surface area contributed by atoms with Crippen LogP contribution in [0.5, 0.6) is 0 Å². The summed E-state index contributed by atoms with van der Waals surface area (Å²) in [6.07, 6.45) is 3.01. The summed E-state index contributed by atoms with van der Waals surface area (Å²) in [5.74, 6) is 0.342. The highest BCUT2D eigenvalue weighted by Crippen LogP contribution is 2.18. The fourth-order valence-electron chi connectivity index (χ4n) is 1.51. The third-order valence-corrected chi connectivity index (χ3v) is 2.70. The maximum atomic E-state index is 10.4. The Morgan fingerprint density at radius 2 is 1.90 bits per heavy atom. The molecule has 0 atom stereocenters. The highest BCUT2D eigenvalue weighted by atomic mass is 35.5. The average molecular weight is 302 g/mol. The molecule has 0 aliphatic heterocycles. The standard InChI is InChI=1S/C9H8N2O.C6H4ClNO/c10-9-6-8(11-12-9)7-4-2-1-3-5-7;7-6(9)5-2-1-3-8-4-5/h1-6H,10H2;1-4H. The molecule has 6 heteroatoms. The lowest BCUT2D eigenvalue weighted by molar-refractivity contribution is 0.108. The Morgan fingerprint density at radius 3 is 2.38 bits per heavy atom. The molecule has 106 valence electrons. The van der Waals surface area contributed by atoms with Crippen molar-refractivity contribution in [2.75, 3.05) is 5.73 Å². The molecule has 0 unspecified atom stereocenters. The quantitative estimate of drug-likeness (QED) is 0.734. The Bertz CT molecular complexity index is 699. The van der Waals surface area contributed by atoms with E-state index in [4.69, 9.17) is 21.9 Å². The van der Waals surface area contributed by atoms with Crippen molar-refractivity contribution in [3.8, 4) is 11.3 Å². The Balaban J connectivity index is 0.000000161. The summed E-state index contributed by atoms with van der Waals surface area (Å²) in [5, 5.41) is 3.32. The van der Waals surface area contributed by atoms with E-state index in [0.29, 0.717) is 11.4 Å². The Labute approximate surface area is 126 Å². The fraction of sp³-hybridized carbons (Fsp3) is 0. The molecule has 0 spiro atoms. The van der Waals surface area contributed by atoms with Crippen LogP contribution in [0.2, 0.25) is 0 Å². The molecular formula is C15H12ClN3O2. The predicted molar refractivity (Wildman–Crippen MR) is 80.8 cm³/mol. The number of anilines is 1. The number of rotatable bonds is 2. The van der Waals surface area contributed by atoms with E-state index in [0.717, 1.165) is 11.3 Å². The number of nitrogens with two attached hydrogens (primary N) is 1. The SMILES string of the molecule is Nc1cc(-c2ccccc2)no1.O=C(Cl)c1cccnc1. The van der Waals surface area contributed by atoms with Gasteiger partial charge in [0.15, 0.2) is 0 Å². The Hall–Kier alpha value is -2.66. The molecule has 0 saturated carbocycles. The maximum absolute atomic E-state index is 10.4. The van der Waals surface area contributed by atoms with Crippen LogP contribution in [0.1, 0.15) is 10.4 Å². The van der Waals surface area contributed by atoms with Gasteiger partial charge in [-0.25, -0.2) is 0 Å². The number of carbonyl (C=O) groups is 1. The zero-order valence-corrected chi connectivity index (χ0v) is 11.7. The van der Waals surface area contributed by atoms with Crippen LogP contribution >= 0.6 is 11.6 Å². The summed E-state index contributed by atoms with van der Waals surface area (Å²) in [6.45, 7) is 0. The van der Waals surface area contributed by atoms with Gasteiger partial charge in [0, 0.05) is 24.0 Å². The maximum Gasteiger partial charge on any atom is 0.253 e. The van der Waals surface area contributed by atoms with Crippen molar-refractivity contribution < 1.29 is 9.32 Å². The van der Waals surface area contributed by atoms with Gasteiger partial charge in [-0.3, -0.25) is 9.78 Å². The Kier molecular flexibility index (Phi) is 5.06. The van der Waals surface area contributed by atoms with Gasteiger partial charge in [0.1, 0.15) is 5.69 Å². The molecule has 1 aromatic carbocycles. The molecule has 2 heterocycles. The Morgan fingerprint density at radius 1 is 1.14 bits per heavy atom. The summed E-state index contributed by atoms with van der Waals surface area (Å²) in [4.78, 5) is 14.1. The fourth-order valence-corrected chi connectivity index (χ4v) is 1.63. The molecule has 0 aliphatic carbocycles. The average Bonchev–Trinajstić information content (AvgIpc) is 2.96. The lowest BCUT2D eigenvalue weighted by Gasteiger charge is -1.90. The second kappa shape index (κ2) is 7.21. The first-order valence-corrected chi connectivity index (χ1v) is 6.42. The van der Waals surface area contributed by atoms with Crippen LogP contribution in [-0.2, 0) is 0 Å². The molecule has 21 heavy (non-hydrogen) atoms. The number of benzene rings is 1. The van der Waals surface area contributed by atoms with Crippen LogP contribution in [0.3, 0.4) is 0 Å². The molecule has 0 bridgehead atoms. The normalized spacial score (nSPS) is 9.57. The van der Waals surface area contributed by atoms with Crippen molar-refractivity contribution in [3.63, 3.8) is 0 Å². The number of pyridine rings is 1. The van der Waals surface area contributed by atoms with E-state index in [2.05, 4.69) is 10.1 Å². The highest BCUT2D eigenvalue weighted by Gasteiger charge is 2.01. The lowest BCUT2D eigenvalue weighted by Crippen LogP contribution is -1.87. The minimum Gasteiger partial charge on any atom is -0.368 e. The molecule has 5 nitrogen and oxygen atoms in total. The first-order valence-electron chi connectivity index (χ1n) is 6.04. The number of halogens is 1. The molecule has 3 aromatic rings. The van der Waals surface area contributed by atoms with Crippen LogP contribution in [0.15, 0.2) is 65.4 Å². The van der Waals surface area contributed by atoms with Crippen LogP contribution in [0, 0.1) is 0 Å². The van der Waals surface area contributed by atoms with E-state index in [1.54, 1.807) is 24.4 Å². The van der Waals surface area contributed by atoms with Gasteiger partial charge >= 0.3 is 0 Å². The van der Waals surface area contributed by atoms with Gasteiger partial charge in [-0.2, -0.15) is 0 Å². The van der Waals surface area contributed by atoms with Crippen molar-refractivity contribution in [1.29, 1.82) is 0 Å². The molecule has 0 aliphatic rings. The van der Waals surface area contributed by atoms with E-state index in [9.17, 15) is 4.79 Å². The van der Waals surface area contributed by atoms with Crippen molar-refractivity contribution in [2.45, 2.75) is 0 Å². The number of nitrogens with zero attached hydrogens (tertiary/aromatic N) is 2. The molecule has 2 aromatic heterocycles. The topological polar surface area (TPSA) is 82.0 Å². The third-order valence-electron chi connectivity index (χ3n) is 2.49. The number of nitrogen functional groups attached to an aromatic ring is 1. The summed E-state index contributed by atoms with van der Waals surface area (Å²) in [7, 11) is 0. The van der Waals surface area contributed by atoms with Gasteiger partial charge in [0.2, 0.25) is 5.88 Å². The monoisotopic (exact) mass is 301 g/mol. The molecular weight excluding hydrogens is 290 g/mol. The van der Waals surface area contributed by atoms with E-state index < -0.39 is 5.24 Å². The van der Waals surface area contributed by atoms with E-state index in [-0.39, 0.29) is 0 Å². The third kappa shape index (κ3) is 4.43. The zero-order valence-electron chi connectivity index (χ0n) is 10.9. The largest absolute Gasteiger partial charge is 0.368 e. The van der Waals surface area contributed by atoms with Crippen molar-refractivity contribution in [3.05, 3.63) is 66.5 Å². The minimum absolute atomic E-state index is 0.342. The van der Waals surface area contributed by atoms with E-state index >= 15 is 0 Å². The van der Waals surface area contributed by atoms with Gasteiger partial charge in [-0.15, -0.1) is 0 Å². The molecule has 0 radical (unpaired) electrons. The van der Waals surface area contributed by atoms with Gasteiger partial charge < -0.3 is 10.3 Å². The highest BCUT2D eigenvalue weighted by molar-refractivity contribution is 6.67. The second-order valence-corrected chi connectivity index (χ2v) is 4.34. The van der Waals surface area contributed by atoms with Crippen molar-refractivity contribution in [1.82, 2.24) is 10.1 Å². The minimum atomic E-state index is -0.469. The summed E-state index contributed by atoms with van der Waals surface area (Å²) < 4.78 is 4.75. The van der Waals surface area contributed by atoms with Gasteiger partial charge in [-0.05, 0) is 23.7 Å². The number of hydrogen-bond donors (Lipinski definition) is 1. The van der Waals surface area contributed by atoms with Crippen molar-refractivity contribution in [2.24, 2.45) is 0 Å². The zero-order chi connectivity index (χ0) is 15.1. The predicted octanol–water partition coefficient (Wildman–Crippen LogP) is 3.38. The summed E-state index contributed by atoms with van der Waals surface area (Å²) in [5.41, 5.74) is 7.60. The molecule has 2 N–H and O–H groups in total. The van der Waals surface area contributed by atoms with Gasteiger partial charge in [0.05, 0.1) is 5.56 Å². The number of aromatic nitrogens is 2. The number of hydrogen-bond acceptors (Lipinski definition) is 5. The van der Waals surface area contributed by atoms with E-state index in [1.807, 2.05) is 30.3 Å². The molecule has 0 saturated heterocycles. The lowest BCUT2D eigenvalue weighted by atomic mass is 10.2. The first-order chi connectivity index (χ1) is 10.2. The van der Waals surface area contributed by atoms with Gasteiger partial charge in [-0.1, -0.05) is 35.5 Å². The first kappa shape index (κ1) is 14.7. The van der Waals surface area contributed by atoms with Crippen molar-refractivity contribution >= 4 is 22.7 Å². The molecule has 0 amide bonds. The van der Waals surface area contributed by atoms with Gasteiger partial charge in [0.25, 0.3) is 5.24 Å². The smallest absolute Gasteiger partial charge is 0.253 e. The number of carbonyl (C=O) groups excluding carboxylic acids is 1. The van der Waals surface area contributed by atoms with Crippen LogP contribution in [0.4, 0.5) is 5.88 Å². The van der Waals surface area contributed by atoms with Crippen LogP contribution in [-0.4, -0.2) is 15.4 Å². The molecule has 0 fully saturated rings. The molecule has 3 rings (SSSR count). The summed E-state index contributed by atoms with van der Waals surface area (Å²) >= 11 is 5.12.